The Hall–Kier alpha value is -0.440. The molecular weight excluding hydrogens is 262 g/mol. The molecule has 0 aliphatic carbocycles. The van der Waals surface area contributed by atoms with E-state index >= 15 is 0 Å². The number of ether oxygens (including phenoxy) is 1. The summed E-state index contributed by atoms with van der Waals surface area (Å²) >= 11 is 5.64. The molecule has 1 aliphatic rings. The predicted octanol–water partition coefficient (Wildman–Crippen LogP) is 4.58. The second kappa shape index (κ2) is 10.4. The van der Waals surface area contributed by atoms with Gasteiger partial charge in [-0.2, -0.15) is 0 Å². The summed E-state index contributed by atoms with van der Waals surface area (Å²) in [5.41, 5.74) is 0. The molecule has 0 saturated carbocycles. The van der Waals surface area contributed by atoms with Crippen LogP contribution in [-0.2, 0) is 4.74 Å². The molecule has 0 bridgehead atoms. The van der Waals surface area contributed by atoms with Crippen molar-refractivity contribution in [2.75, 3.05) is 19.0 Å². The molecule has 1 heterocycles. The average Bonchev–Trinajstić information content (AvgIpc) is 2.74. The molecule has 0 aromatic carbocycles. The van der Waals surface area contributed by atoms with Gasteiger partial charge in [-0.25, -0.2) is 4.79 Å². The number of nitrogens with zero attached hydrogens (tertiary/aromatic N) is 1. The zero-order valence-electron chi connectivity index (χ0n) is 12.2. The van der Waals surface area contributed by atoms with Crippen molar-refractivity contribution in [3.8, 4) is 0 Å². The van der Waals surface area contributed by atoms with Gasteiger partial charge in [-0.1, -0.05) is 51.9 Å². The normalized spacial score (nSPS) is 18.9. The molecule has 1 rings (SSSR count). The van der Waals surface area contributed by atoms with Crippen LogP contribution in [0.25, 0.3) is 0 Å². The highest BCUT2D eigenvalue weighted by Crippen LogP contribution is 2.17. The van der Waals surface area contributed by atoms with Crippen molar-refractivity contribution in [2.45, 2.75) is 70.8 Å². The van der Waals surface area contributed by atoms with Gasteiger partial charge in [-0.05, 0) is 12.8 Å². The SMILES string of the molecule is CCCCCCCCCCC1CN(CCCl)C(=O)O1. The summed E-state index contributed by atoms with van der Waals surface area (Å²) in [5, 5.41) is 0. The maximum absolute atomic E-state index is 11.5. The highest BCUT2D eigenvalue weighted by Gasteiger charge is 2.29. The Labute approximate surface area is 122 Å². The number of hydrogen-bond acceptors (Lipinski definition) is 2. The highest BCUT2D eigenvalue weighted by atomic mass is 35.5. The Morgan fingerprint density at radius 1 is 1.16 bits per heavy atom. The van der Waals surface area contributed by atoms with Gasteiger partial charge in [-0.15, -0.1) is 11.6 Å². The molecule has 0 aromatic heterocycles. The quantitative estimate of drug-likeness (QED) is 0.412. The molecule has 1 amide bonds. The third-order valence-electron chi connectivity index (χ3n) is 3.68. The first-order valence-corrected chi connectivity index (χ1v) is 8.33. The standard InChI is InChI=1S/C15H28ClNO2/c1-2-3-4-5-6-7-8-9-10-14-13-17(12-11-16)15(18)19-14/h14H,2-13H2,1H3. The zero-order chi connectivity index (χ0) is 13.9. The summed E-state index contributed by atoms with van der Waals surface area (Å²) in [7, 11) is 0. The molecule has 4 heteroatoms. The Morgan fingerprint density at radius 3 is 2.42 bits per heavy atom. The van der Waals surface area contributed by atoms with E-state index in [1.165, 1.54) is 51.4 Å². The fraction of sp³-hybridized carbons (Fsp3) is 0.933. The molecule has 0 spiro atoms. The van der Waals surface area contributed by atoms with Gasteiger partial charge in [0.2, 0.25) is 0 Å². The van der Waals surface area contributed by atoms with Crippen LogP contribution in [0, 0.1) is 0 Å². The van der Waals surface area contributed by atoms with Gasteiger partial charge >= 0.3 is 6.09 Å². The second-order valence-electron chi connectivity index (χ2n) is 5.40. The van der Waals surface area contributed by atoms with E-state index in [0.29, 0.717) is 12.4 Å². The number of rotatable bonds is 11. The van der Waals surface area contributed by atoms with Gasteiger partial charge in [0, 0.05) is 12.4 Å². The molecular formula is C15H28ClNO2. The number of unbranched alkanes of at least 4 members (excludes halogenated alkanes) is 7. The van der Waals surface area contributed by atoms with Crippen LogP contribution in [-0.4, -0.2) is 36.1 Å². The van der Waals surface area contributed by atoms with Crippen LogP contribution in [0.2, 0.25) is 0 Å². The fourth-order valence-electron chi connectivity index (χ4n) is 2.52. The Bertz CT molecular complexity index is 248. The summed E-state index contributed by atoms with van der Waals surface area (Å²) in [5.74, 6) is 0.486. The molecule has 0 aromatic rings. The van der Waals surface area contributed by atoms with Crippen molar-refractivity contribution < 1.29 is 9.53 Å². The molecule has 1 fully saturated rings. The van der Waals surface area contributed by atoms with Crippen molar-refractivity contribution in [1.82, 2.24) is 4.90 Å². The fourth-order valence-corrected chi connectivity index (χ4v) is 2.72. The number of carbonyl (C=O) groups excluding carboxylic acids is 1. The van der Waals surface area contributed by atoms with Crippen LogP contribution >= 0.6 is 11.6 Å². The summed E-state index contributed by atoms with van der Waals surface area (Å²) in [6.07, 6.45) is 11.4. The second-order valence-corrected chi connectivity index (χ2v) is 5.78. The van der Waals surface area contributed by atoms with Crippen molar-refractivity contribution in [1.29, 1.82) is 0 Å². The number of amides is 1. The lowest BCUT2D eigenvalue weighted by Crippen LogP contribution is -2.27. The Morgan fingerprint density at radius 2 is 1.79 bits per heavy atom. The van der Waals surface area contributed by atoms with E-state index in [-0.39, 0.29) is 12.2 Å². The van der Waals surface area contributed by atoms with E-state index in [1.54, 1.807) is 4.90 Å². The minimum Gasteiger partial charge on any atom is -0.444 e. The van der Waals surface area contributed by atoms with E-state index in [4.69, 9.17) is 16.3 Å². The third-order valence-corrected chi connectivity index (χ3v) is 3.85. The molecule has 1 aliphatic heterocycles. The van der Waals surface area contributed by atoms with Gasteiger partial charge in [0.25, 0.3) is 0 Å². The lowest BCUT2D eigenvalue weighted by Gasteiger charge is -2.10. The summed E-state index contributed by atoms with van der Waals surface area (Å²) in [6, 6.07) is 0. The van der Waals surface area contributed by atoms with Crippen molar-refractivity contribution in [3.63, 3.8) is 0 Å². The molecule has 19 heavy (non-hydrogen) atoms. The van der Waals surface area contributed by atoms with E-state index in [1.807, 2.05) is 0 Å². The van der Waals surface area contributed by atoms with Crippen molar-refractivity contribution in [2.24, 2.45) is 0 Å². The topological polar surface area (TPSA) is 29.5 Å². The largest absolute Gasteiger partial charge is 0.444 e. The molecule has 0 N–H and O–H groups in total. The number of carbonyl (C=O) groups is 1. The highest BCUT2D eigenvalue weighted by molar-refractivity contribution is 6.18. The van der Waals surface area contributed by atoms with Crippen molar-refractivity contribution in [3.05, 3.63) is 0 Å². The number of alkyl halides is 1. The summed E-state index contributed by atoms with van der Waals surface area (Å²) < 4.78 is 5.31. The first-order chi connectivity index (χ1) is 9.27. The average molecular weight is 290 g/mol. The van der Waals surface area contributed by atoms with Crippen LogP contribution < -0.4 is 0 Å². The zero-order valence-corrected chi connectivity index (χ0v) is 13.0. The summed E-state index contributed by atoms with van der Waals surface area (Å²) in [4.78, 5) is 13.2. The molecule has 1 atom stereocenters. The van der Waals surface area contributed by atoms with Crippen molar-refractivity contribution >= 4 is 17.7 Å². The molecule has 112 valence electrons. The molecule has 3 nitrogen and oxygen atoms in total. The maximum Gasteiger partial charge on any atom is 0.410 e. The number of cyclic esters (lactones) is 1. The Balaban J connectivity index is 1.94. The van der Waals surface area contributed by atoms with Gasteiger partial charge in [-0.3, -0.25) is 0 Å². The third kappa shape index (κ3) is 7.05. The maximum atomic E-state index is 11.5. The van der Waals surface area contributed by atoms with Crippen LogP contribution in [0.15, 0.2) is 0 Å². The minimum absolute atomic E-state index is 0.0933. The molecule has 1 unspecified atom stereocenters. The first kappa shape index (κ1) is 16.6. The Kier molecular flexibility index (Phi) is 9.06. The molecule has 0 radical (unpaired) electrons. The first-order valence-electron chi connectivity index (χ1n) is 7.79. The predicted molar refractivity (Wildman–Crippen MR) is 79.8 cm³/mol. The smallest absolute Gasteiger partial charge is 0.410 e. The van der Waals surface area contributed by atoms with Gasteiger partial charge < -0.3 is 9.64 Å². The van der Waals surface area contributed by atoms with Gasteiger partial charge in [0.05, 0.1) is 6.54 Å². The van der Waals surface area contributed by atoms with E-state index < -0.39 is 0 Å². The number of hydrogen-bond donors (Lipinski definition) is 0. The van der Waals surface area contributed by atoms with Crippen LogP contribution in [0.5, 0.6) is 0 Å². The van der Waals surface area contributed by atoms with Crippen LogP contribution in [0.3, 0.4) is 0 Å². The minimum atomic E-state index is -0.190. The lowest BCUT2D eigenvalue weighted by atomic mass is 10.1. The van der Waals surface area contributed by atoms with Gasteiger partial charge in [0.15, 0.2) is 0 Å². The number of halogens is 1. The van der Waals surface area contributed by atoms with E-state index in [9.17, 15) is 4.79 Å². The van der Waals surface area contributed by atoms with Crippen LogP contribution in [0.4, 0.5) is 4.79 Å². The van der Waals surface area contributed by atoms with E-state index in [2.05, 4.69) is 6.92 Å². The van der Waals surface area contributed by atoms with Crippen LogP contribution in [0.1, 0.15) is 64.7 Å². The van der Waals surface area contributed by atoms with Gasteiger partial charge in [0.1, 0.15) is 6.10 Å². The lowest BCUT2D eigenvalue weighted by molar-refractivity contribution is 0.128. The van der Waals surface area contributed by atoms with E-state index in [0.717, 1.165) is 13.0 Å². The monoisotopic (exact) mass is 289 g/mol. The summed E-state index contributed by atoms with van der Waals surface area (Å²) in [6.45, 7) is 3.58. The molecule has 1 saturated heterocycles.